The summed E-state index contributed by atoms with van der Waals surface area (Å²) in [6.07, 6.45) is 1.21. The molecule has 19 heavy (non-hydrogen) atoms. The first-order valence-corrected chi connectivity index (χ1v) is 8.13. The van der Waals surface area contributed by atoms with Crippen molar-refractivity contribution in [2.75, 3.05) is 19.6 Å². The lowest BCUT2D eigenvalue weighted by atomic mass is 10.0. The Hall–Kier alpha value is -0.0900. The molecule has 1 aliphatic rings. The molecule has 1 aromatic carbocycles. The third kappa shape index (κ3) is 4.45. The minimum absolute atomic E-state index is 0.580. The van der Waals surface area contributed by atoms with E-state index in [1.165, 1.54) is 12.0 Å². The van der Waals surface area contributed by atoms with Crippen LogP contribution in [0.5, 0.6) is 0 Å². The molecule has 1 unspecified atom stereocenters. The molecule has 2 rings (SSSR count). The highest BCUT2D eigenvalue weighted by Crippen LogP contribution is 2.23. The van der Waals surface area contributed by atoms with Gasteiger partial charge < -0.3 is 5.32 Å². The predicted molar refractivity (Wildman–Crippen MR) is 85.7 cm³/mol. The fourth-order valence-electron chi connectivity index (χ4n) is 2.51. The molecular formula is C15H22BrClN2. The van der Waals surface area contributed by atoms with Crippen LogP contribution in [0.4, 0.5) is 0 Å². The summed E-state index contributed by atoms with van der Waals surface area (Å²) in [4.78, 5) is 2.51. The molecular weight excluding hydrogens is 324 g/mol. The van der Waals surface area contributed by atoms with Crippen LogP contribution in [0.2, 0.25) is 5.02 Å². The average Bonchev–Trinajstić information content (AvgIpc) is 2.58. The molecule has 0 saturated carbocycles. The summed E-state index contributed by atoms with van der Waals surface area (Å²) in [7, 11) is 0. The highest BCUT2D eigenvalue weighted by molar-refractivity contribution is 9.10. The molecule has 0 aromatic heterocycles. The van der Waals surface area contributed by atoms with E-state index in [2.05, 4.69) is 52.1 Å². The molecule has 2 nitrogen and oxygen atoms in total. The van der Waals surface area contributed by atoms with Crippen LogP contribution in [0, 0.1) is 5.92 Å². The van der Waals surface area contributed by atoms with E-state index in [1.807, 2.05) is 6.07 Å². The van der Waals surface area contributed by atoms with Gasteiger partial charge in [-0.25, -0.2) is 0 Å². The Kier molecular flexibility index (Phi) is 5.70. The number of hydrogen-bond acceptors (Lipinski definition) is 2. The van der Waals surface area contributed by atoms with Crippen LogP contribution in [0.15, 0.2) is 22.7 Å². The number of nitrogens with one attached hydrogen (secondary N) is 1. The van der Waals surface area contributed by atoms with Crippen LogP contribution in [-0.4, -0.2) is 30.6 Å². The Morgan fingerprint density at radius 3 is 2.95 bits per heavy atom. The maximum atomic E-state index is 6.32. The lowest BCUT2D eigenvalue weighted by Gasteiger charge is -2.27. The van der Waals surface area contributed by atoms with Gasteiger partial charge in [0.05, 0.1) is 0 Å². The standard InChI is InChI=1S/C15H22BrClN2/c1-11(2)15-10-19(7-3-6-18-15)9-12-4-5-13(16)8-14(12)17/h4-5,8,11,15,18H,3,6-7,9-10H2,1-2H3. The molecule has 106 valence electrons. The van der Waals surface area contributed by atoms with Crippen LogP contribution in [0.3, 0.4) is 0 Å². The van der Waals surface area contributed by atoms with Gasteiger partial charge in [-0.1, -0.05) is 47.4 Å². The van der Waals surface area contributed by atoms with E-state index < -0.39 is 0 Å². The first-order chi connectivity index (χ1) is 9.06. The van der Waals surface area contributed by atoms with Crippen molar-refractivity contribution in [1.82, 2.24) is 10.2 Å². The number of nitrogens with zero attached hydrogens (tertiary/aromatic N) is 1. The second-order valence-corrected chi connectivity index (χ2v) is 6.95. The predicted octanol–water partition coefficient (Wildman–Crippen LogP) is 3.92. The van der Waals surface area contributed by atoms with Gasteiger partial charge in [0.2, 0.25) is 0 Å². The molecule has 0 spiro atoms. The first-order valence-electron chi connectivity index (χ1n) is 6.96. The highest BCUT2D eigenvalue weighted by atomic mass is 79.9. The molecule has 1 fully saturated rings. The fourth-order valence-corrected chi connectivity index (χ4v) is 3.24. The van der Waals surface area contributed by atoms with E-state index in [9.17, 15) is 0 Å². The molecule has 1 aliphatic heterocycles. The monoisotopic (exact) mass is 344 g/mol. The van der Waals surface area contributed by atoms with Crippen molar-refractivity contribution in [2.24, 2.45) is 5.92 Å². The molecule has 0 radical (unpaired) electrons. The highest BCUT2D eigenvalue weighted by Gasteiger charge is 2.20. The molecule has 0 aliphatic carbocycles. The van der Waals surface area contributed by atoms with Gasteiger partial charge in [0, 0.05) is 28.6 Å². The molecule has 1 atom stereocenters. The van der Waals surface area contributed by atoms with E-state index in [0.29, 0.717) is 12.0 Å². The Labute approximate surface area is 129 Å². The molecule has 1 N–H and O–H groups in total. The normalized spacial score (nSPS) is 21.6. The topological polar surface area (TPSA) is 15.3 Å². The summed E-state index contributed by atoms with van der Waals surface area (Å²) in [5, 5.41) is 4.49. The van der Waals surface area contributed by atoms with E-state index in [0.717, 1.165) is 35.7 Å². The summed E-state index contributed by atoms with van der Waals surface area (Å²) in [6.45, 7) is 8.87. The summed E-state index contributed by atoms with van der Waals surface area (Å²) in [5.41, 5.74) is 1.22. The lowest BCUT2D eigenvalue weighted by molar-refractivity contribution is 0.238. The van der Waals surface area contributed by atoms with Gasteiger partial charge in [0.25, 0.3) is 0 Å². The zero-order chi connectivity index (χ0) is 13.8. The zero-order valence-electron chi connectivity index (χ0n) is 11.6. The summed E-state index contributed by atoms with van der Waals surface area (Å²) >= 11 is 9.77. The zero-order valence-corrected chi connectivity index (χ0v) is 14.0. The smallest absolute Gasteiger partial charge is 0.0462 e. The van der Waals surface area contributed by atoms with Crippen LogP contribution >= 0.6 is 27.5 Å². The minimum Gasteiger partial charge on any atom is -0.312 e. The van der Waals surface area contributed by atoms with Crippen molar-refractivity contribution in [2.45, 2.75) is 32.9 Å². The SMILES string of the molecule is CC(C)C1CN(Cc2ccc(Br)cc2Cl)CCCN1. The van der Waals surface area contributed by atoms with Crippen molar-refractivity contribution in [3.05, 3.63) is 33.3 Å². The quantitative estimate of drug-likeness (QED) is 0.893. The third-order valence-electron chi connectivity index (χ3n) is 3.73. The van der Waals surface area contributed by atoms with Gasteiger partial charge in [0.1, 0.15) is 0 Å². The number of halogens is 2. The first kappa shape index (κ1) is 15.3. The molecule has 1 heterocycles. The molecule has 0 bridgehead atoms. The van der Waals surface area contributed by atoms with Gasteiger partial charge in [-0.2, -0.15) is 0 Å². The Morgan fingerprint density at radius 2 is 2.26 bits per heavy atom. The van der Waals surface area contributed by atoms with Crippen LogP contribution in [-0.2, 0) is 6.54 Å². The minimum atomic E-state index is 0.580. The van der Waals surface area contributed by atoms with Crippen LogP contribution in [0.1, 0.15) is 25.8 Å². The van der Waals surface area contributed by atoms with E-state index >= 15 is 0 Å². The van der Waals surface area contributed by atoms with Crippen LogP contribution in [0.25, 0.3) is 0 Å². The molecule has 1 aromatic rings. The average molecular weight is 346 g/mol. The van der Waals surface area contributed by atoms with E-state index in [4.69, 9.17) is 11.6 Å². The largest absolute Gasteiger partial charge is 0.312 e. The maximum Gasteiger partial charge on any atom is 0.0462 e. The molecule has 0 amide bonds. The number of benzene rings is 1. The third-order valence-corrected chi connectivity index (χ3v) is 4.57. The van der Waals surface area contributed by atoms with E-state index in [1.54, 1.807) is 0 Å². The fraction of sp³-hybridized carbons (Fsp3) is 0.600. The maximum absolute atomic E-state index is 6.32. The Bertz CT molecular complexity index is 423. The van der Waals surface area contributed by atoms with Crippen molar-refractivity contribution in [3.63, 3.8) is 0 Å². The number of rotatable bonds is 3. The van der Waals surface area contributed by atoms with Gasteiger partial charge in [0.15, 0.2) is 0 Å². The van der Waals surface area contributed by atoms with Gasteiger partial charge in [-0.3, -0.25) is 4.90 Å². The molecule has 1 saturated heterocycles. The summed E-state index contributed by atoms with van der Waals surface area (Å²) in [6, 6.07) is 6.75. The second kappa shape index (κ2) is 7.07. The number of hydrogen-bond donors (Lipinski definition) is 1. The van der Waals surface area contributed by atoms with Gasteiger partial charge in [-0.05, 0) is 43.1 Å². The van der Waals surface area contributed by atoms with E-state index in [-0.39, 0.29) is 0 Å². The van der Waals surface area contributed by atoms with Crippen molar-refractivity contribution in [3.8, 4) is 0 Å². The Balaban J connectivity index is 2.04. The van der Waals surface area contributed by atoms with Crippen molar-refractivity contribution < 1.29 is 0 Å². The molecule has 4 heteroatoms. The van der Waals surface area contributed by atoms with Crippen molar-refractivity contribution >= 4 is 27.5 Å². The van der Waals surface area contributed by atoms with Gasteiger partial charge in [-0.15, -0.1) is 0 Å². The lowest BCUT2D eigenvalue weighted by Crippen LogP contribution is -2.41. The summed E-state index contributed by atoms with van der Waals surface area (Å²) < 4.78 is 1.04. The Morgan fingerprint density at radius 1 is 1.47 bits per heavy atom. The van der Waals surface area contributed by atoms with Gasteiger partial charge >= 0.3 is 0 Å². The van der Waals surface area contributed by atoms with Crippen LogP contribution < -0.4 is 5.32 Å². The second-order valence-electron chi connectivity index (χ2n) is 5.63. The van der Waals surface area contributed by atoms with Crippen molar-refractivity contribution in [1.29, 1.82) is 0 Å². The summed E-state index contributed by atoms with van der Waals surface area (Å²) in [5.74, 6) is 0.668.